The molecular weight excluding hydrogens is 665 g/mol. The van der Waals surface area contributed by atoms with Crippen LogP contribution in [-0.4, -0.2) is 73.5 Å². The van der Waals surface area contributed by atoms with Gasteiger partial charge in [-0.05, 0) is 73.0 Å². The fraction of sp³-hybridized carbons (Fsp3) is 0.200. The van der Waals surface area contributed by atoms with Crippen LogP contribution in [0.15, 0.2) is 109 Å². The molecule has 0 unspecified atom stereocenters. The number of amides is 1. The molecule has 0 aliphatic heterocycles. The molecule has 1 amide bonds. The van der Waals surface area contributed by atoms with Gasteiger partial charge < -0.3 is 29.9 Å². The zero-order valence-corrected chi connectivity index (χ0v) is 27.6. The minimum absolute atomic E-state index is 0. The molecule has 0 saturated heterocycles. The molecule has 0 radical (unpaired) electrons. The van der Waals surface area contributed by atoms with Crippen LogP contribution in [0, 0.1) is 11.6 Å². The number of carboxylic acids is 1. The zero-order valence-electron chi connectivity index (χ0n) is 27.6. The van der Waals surface area contributed by atoms with Crippen molar-refractivity contribution in [2.75, 3.05) is 5.32 Å². The second kappa shape index (κ2) is 18.1. The average molecular weight is 705 g/mol. The van der Waals surface area contributed by atoms with E-state index in [2.05, 4.69) is 5.32 Å². The molecule has 4 aromatic carbocycles. The Kier molecular flexibility index (Phi) is 13.9. The summed E-state index contributed by atoms with van der Waals surface area (Å²) < 4.78 is 36.1. The first-order valence-corrected chi connectivity index (χ1v) is 16.1. The van der Waals surface area contributed by atoms with E-state index in [0.717, 1.165) is 5.56 Å². The van der Waals surface area contributed by atoms with Gasteiger partial charge in [-0.2, -0.15) is 0 Å². The van der Waals surface area contributed by atoms with E-state index < -0.39 is 42.1 Å². The number of nitrogens with one attached hydrogen (secondary N) is 1. The number of benzene rings is 4. The number of hydrogen-bond acceptors (Lipinski definition) is 5. The van der Waals surface area contributed by atoms with Crippen LogP contribution in [0.2, 0.25) is 0 Å². The van der Waals surface area contributed by atoms with Crippen molar-refractivity contribution in [3.8, 4) is 28.0 Å². The van der Waals surface area contributed by atoms with Crippen molar-refractivity contribution < 1.29 is 38.4 Å². The summed E-state index contributed by atoms with van der Waals surface area (Å²) in [7, 11) is 0. The maximum atomic E-state index is 14.5. The van der Waals surface area contributed by atoms with Crippen LogP contribution < -0.4 is 10.1 Å². The summed E-state index contributed by atoms with van der Waals surface area (Å²) in [6.45, 7) is 4.09. The molecule has 11 heteroatoms. The number of carbonyl (C=O) groups is 2. The van der Waals surface area contributed by atoms with Gasteiger partial charge in [0.1, 0.15) is 29.7 Å². The van der Waals surface area contributed by atoms with E-state index in [0.29, 0.717) is 46.0 Å². The number of halogens is 2. The first-order valence-electron chi connectivity index (χ1n) is 16.1. The SMILES string of the molecule is CC(C)n1c(/C=C/[C@@H](O)C[C@@H](O)CC(=O)O)c(-c2ccc(F)cc2)c(-c2ccc(F)cc2)c1C(=O)Nc1cccc(OCc2ccccc2)c1.[NaH]. The molecule has 1 aromatic heterocycles. The Morgan fingerprint density at radius 1 is 0.843 bits per heavy atom. The van der Waals surface area contributed by atoms with Crippen LogP contribution in [-0.2, 0) is 11.4 Å². The van der Waals surface area contributed by atoms with Gasteiger partial charge in [-0.3, -0.25) is 9.59 Å². The quantitative estimate of drug-likeness (QED) is 0.0891. The van der Waals surface area contributed by atoms with E-state index in [1.807, 2.05) is 44.2 Å². The number of nitrogens with zero attached hydrogens (tertiary/aromatic N) is 1. The van der Waals surface area contributed by atoms with Crippen molar-refractivity contribution in [3.05, 3.63) is 138 Å². The number of carbonyl (C=O) groups excluding carboxylic acids is 1. The molecule has 2 atom stereocenters. The molecule has 0 aliphatic carbocycles. The van der Waals surface area contributed by atoms with Gasteiger partial charge in [0, 0.05) is 41.0 Å². The van der Waals surface area contributed by atoms with Gasteiger partial charge in [-0.25, -0.2) is 8.78 Å². The predicted molar refractivity (Wildman–Crippen MR) is 196 cm³/mol. The van der Waals surface area contributed by atoms with E-state index in [-0.39, 0.29) is 47.7 Å². The van der Waals surface area contributed by atoms with E-state index in [1.54, 1.807) is 59.2 Å². The summed E-state index contributed by atoms with van der Waals surface area (Å²) in [6.07, 6.45) is -0.284. The number of carboxylic acid groups (broad SMARTS) is 1. The Morgan fingerprint density at radius 2 is 1.45 bits per heavy atom. The van der Waals surface area contributed by atoms with Crippen LogP contribution in [0.25, 0.3) is 28.3 Å². The Hall–Kier alpha value is -4.58. The molecule has 8 nitrogen and oxygen atoms in total. The number of ether oxygens (including phenoxy) is 1. The maximum absolute atomic E-state index is 14.5. The average Bonchev–Trinajstić information content (AvgIpc) is 3.43. The van der Waals surface area contributed by atoms with Crippen molar-refractivity contribution in [1.29, 1.82) is 0 Å². The van der Waals surface area contributed by atoms with Crippen molar-refractivity contribution in [1.82, 2.24) is 4.57 Å². The van der Waals surface area contributed by atoms with Crippen LogP contribution in [0.1, 0.15) is 54.5 Å². The topological polar surface area (TPSA) is 121 Å². The molecular formula is C40H39F2N2NaO6. The van der Waals surface area contributed by atoms with E-state index >= 15 is 0 Å². The van der Waals surface area contributed by atoms with Gasteiger partial charge >= 0.3 is 35.5 Å². The van der Waals surface area contributed by atoms with Crippen molar-refractivity contribution in [2.24, 2.45) is 0 Å². The molecule has 4 N–H and O–H groups in total. The number of hydrogen-bond donors (Lipinski definition) is 4. The summed E-state index contributed by atoms with van der Waals surface area (Å²) in [5.41, 5.74) is 4.17. The van der Waals surface area contributed by atoms with Gasteiger partial charge in [0.05, 0.1) is 18.6 Å². The van der Waals surface area contributed by atoms with E-state index in [9.17, 15) is 28.6 Å². The van der Waals surface area contributed by atoms with Gasteiger partial charge in [0.15, 0.2) is 0 Å². The Morgan fingerprint density at radius 3 is 2.04 bits per heavy atom. The monoisotopic (exact) mass is 704 g/mol. The Bertz CT molecular complexity index is 1960. The van der Waals surface area contributed by atoms with Crippen molar-refractivity contribution in [2.45, 2.75) is 51.5 Å². The molecule has 5 rings (SSSR count). The summed E-state index contributed by atoms with van der Waals surface area (Å²) in [5, 5.41) is 32.9. The van der Waals surface area contributed by atoms with Gasteiger partial charge in [-0.1, -0.05) is 66.7 Å². The predicted octanol–water partition coefficient (Wildman–Crippen LogP) is 7.46. The third kappa shape index (κ3) is 10.2. The Labute approximate surface area is 317 Å². The molecule has 260 valence electrons. The molecule has 0 fully saturated rings. The number of rotatable bonds is 14. The van der Waals surface area contributed by atoms with Crippen LogP contribution in [0.5, 0.6) is 5.75 Å². The molecule has 51 heavy (non-hydrogen) atoms. The molecule has 0 spiro atoms. The fourth-order valence-corrected chi connectivity index (χ4v) is 5.78. The minimum atomic E-state index is -1.29. The standard InChI is InChI=1S/C40H38F2N2O6.Na.H/c1-25(2)44-35(20-19-32(45)22-33(46)23-36(47)48)37(27-11-15-29(41)16-12-27)38(28-13-17-30(42)18-14-28)39(44)40(49)43-31-9-6-10-34(21-31)50-24-26-7-4-3-5-8-26;;/h3-21,25,32-33,45-46H,22-24H2,1-2H3,(H,43,49)(H,47,48);;/b20-19+;;/t32-,33-;;/m1../s1. The molecule has 0 bridgehead atoms. The summed E-state index contributed by atoms with van der Waals surface area (Å²) >= 11 is 0. The van der Waals surface area contributed by atoms with Gasteiger partial charge in [-0.15, -0.1) is 0 Å². The van der Waals surface area contributed by atoms with Crippen molar-refractivity contribution in [3.63, 3.8) is 0 Å². The van der Waals surface area contributed by atoms with E-state index in [4.69, 9.17) is 9.84 Å². The van der Waals surface area contributed by atoms with E-state index in [1.165, 1.54) is 30.3 Å². The van der Waals surface area contributed by atoms with Crippen LogP contribution in [0.3, 0.4) is 0 Å². The van der Waals surface area contributed by atoms with Gasteiger partial charge in [0.2, 0.25) is 0 Å². The second-order valence-corrected chi connectivity index (χ2v) is 12.1. The van der Waals surface area contributed by atoms with Crippen LogP contribution in [0.4, 0.5) is 14.5 Å². The van der Waals surface area contributed by atoms with Gasteiger partial charge in [0.25, 0.3) is 5.91 Å². The number of aliphatic hydroxyl groups excluding tert-OH is 2. The molecule has 5 aromatic rings. The number of aliphatic hydroxyl groups is 2. The first-order chi connectivity index (χ1) is 24.0. The first kappa shape index (κ1) is 39.2. The normalized spacial score (nSPS) is 12.4. The summed E-state index contributed by atoms with van der Waals surface area (Å²) in [5.74, 6) is -2.08. The number of aromatic nitrogens is 1. The Balaban J connectivity index is 0.00000583. The second-order valence-electron chi connectivity index (χ2n) is 12.1. The fourth-order valence-electron chi connectivity index (χ4n) is 5.78. The summed E-state index contributed by atoms with van der Waals surface area (Å²) in [4.78, 5) is 25.5. The third-order valence-corrected chi connectivity index (χ3v) is 7.98. The number of anilines is 1. The molecule has 1 heterocycles. The summed E-state index contributed by atoms with van der Waals surface area (Å²) in [6, 6.07) is 27.7. The van der Waals surface area contributed by atoms with Crippen LogP contribution >= 0.6 is 0 Å². The molecule has 0 aliphatic rings. The molecule has 0 saturated carbocycles. The van der Waals surface area contributed by atoms with Crippen molar-refractivity contribution >= 4 is 53.2 Å². The number of aliphatic carboxylic acids is 1. The third-order valence-electron chi connectivity index (χ3n) is 7.98. The zero-order chi connectivity index (χ0) is 35.8.